The van der Waals surface area contributed by atoms with Crippen molar-refractivity contribution < 1.29 is 26.3 Å². The summed E-state index contributed by atoms with van der Waals surface area (Å²) in [5.41, 5.74) is 0.0882. The highest BCUT2D eigenvalue weighted by Gasteiger charge is 2.34. The third-order valence-corrected chi connectivity index (χ3v) is 7.94. The molecule has 1 saturated carbocycles. The lowest BCUT2D eigenvalue weighted by molar-refractivity contribution is -0.137. The summed E-state index contributed by atoms with van der Waals surface area (Å²) in [6, 6.07) is 10.3. The number of likely N-dealkylation sites (tertiary alicyclic amines) is 1. The second kappa shape index (κ2) is 8.64. The summed E-state index contributed by atoms with van der Waals surface area (Å²) in [4.78, 5) is 1.71. The van der Waals surface area contributed by atoms with E-state index in [4.69, 9.17) is 16.3 Å². The lowest BCUT2D eigenvalue weighted by atomic mass is 10.1. The van der Waals surface area contributed by atoms with Gasteiger partial charge < -0.3 is 4.74 Å². The zero-order valence-electron chi connectivity index (χ0n) is 16.7. The first kappa shape index (κ1) is 22.4. The van der Waals surface area contributed by atoms with Crippen molar-refractivity contribution in [2.45, 2.75) is 43.0 Å². The molecule has 2 aliphatic rings. The zero-order valence-corrected chi connectivity index (χ0v) is 18.3. The van der Waals surface area contributed by atoms with Crippen molar-refractivity contribution in [1.29, 1.82) is 0 Å². The fourth-order valence-electron chi connectivity index (χ4n) is 3.82. The Labute approximate surface area is 184 Å². The lowest BCUT2D eigenvalue weighted by Gasteiger charge is -2.17. The molecule has 168 valence electrons. The number of hydrogen-bond donors (Lipinski definition) is 0. The van der Waals surface area contributed by atoms with Gasteiger partial charge >= 0.3 is 6.18 Å². The Morgan fingerprint density at radius 3 is 2.42 bits per heavy atom. The van der Waals surface area contributed by atoms with Crippen molar-refractivity contribution in [2.24, 2.45) is 5.92 Å². The second-order valence-corrected chi connectivity index (χ2v) is 10.7. The van der Waals surface area contributed by atoms with E-state index in [9.17, 15) is 21.6 Å². The van der Waals surface area contributed by atoms with Crippen LogP contribution in [-0.4, -0.2) is 38.3 Å². The molecule has 1 heterocycles. The van der Waals surface area contributed by atoms with E-state index in [1.54, 1.807) is 0 Å². The summed E-state index contributed by atoms with van der Waals surface area (Å²) < 4.78 is 70.3. The number of alkyl halides is 3. The van der Waals surface area contributed by atoms with Crippen LogP contribution in [0, 0.1) is 5.92 Å². The molecular weight excluding hydrogens is 451 g/mol. The highest BCUT2D eigenvalue weighted by atomic mass is 35.5. The molecule has 0 unspecified atom stereocenters. The average Bonchev–Trinajstić information content (AvgIpc) is 3.40. The molecule has 1 aliphatic carbocycles. The minimum Gasteiger partial charge on any atom is -0.490 e. The summed E-state index contributed by atoms with van der Waals surface area (Å²) in [5, 5.41) is -0.184. The average molecular weight is 474 g/mol. The summed E-state index contributed by atoms with van der Waals surface area (Å²) in [6.07, 6.45) is -1.41. The first-order valence-electron chi connectivity index (χ1n) is 10.2. The van der Waals surface area contributed by atoms with E-state index in [1.165, 1.54) is 0 Å². The summed E-state index contributed by atoms with van der Waals surface area (Å²) >= 11 is 5.93. The molecule has 4 nitrogen and oxygen atoms in total. The molecule has 2 aromatic carbocycles. The monoisotopic (exact) mass is 473 g/mol. The molecule has 4 rings (SSSR count). The van der Waals surface area contributed by atoms with Crippen LogP contribution in [0.25, 0.3) is 0 Å². The summed E-state index contributed by atoms with van der Waals surface area (Å²) in [5.74, 6) is 0.473. The molecule has 0 radical (unpaired) electrons. The van der Waals surface area contributed by atoms with Crippen LogP contribution in [0.3, 0.4) is 0 Å². The third-order valence-electron chi connectivity index (χ3n) is 5.58. The minimum atomic E-state index is -4.63. The van der Waals surface area contributed by atoms with Crippen LogP contribution in [0.15, 0.2) is 47.4 Å². The molecule has 0 spiro atoms. The van der Waals surface area contributed by atoms with Gasteiger partial charge in [-0.2, -0.15) is 13.2 Å². The van der Waals surface area contributed by atoms with Crippen molar-refractivity contribution in [1.82, 2.24) is 4.90 Å². The molecule has 1 aliphatic heterocycles. The standard InChI is InChI=1S/C22H23ClF3NO3S/c23-20-8-3-17(22(24,25)26)11-21(20)31(28,29)14-16-9-10-27(13-16)12-15-1-4-18(5-2-15)30-19-6-7-19/h1-5,8,11,16,19H,6-7,9-10,12-14H2/t16-/m1/s1. The number of hydrogen-bond acceptors (Lipinski definition) is 4. The van der Waals surface area contributed by atoms with Gasteiger partial charge in [0.15, 0.2) is 9.84 Å². The van der Waals surface area contributed by atoms with E-state index < -0.39 is 26.5 Å². The van der Waals surface area contributed by atoms with Gasteiger partial charge in [0.25, 0.3) is 0 Å². The van der Waals surface area contributed by atoms with E-state index in [-0.39, 0.29) is 16.7 Å². The first-order chi connectivity index (χ1) is 14.6. The van der Waals surface area contributed by atoms with E-state index >= 15 is 0 Å². The van der Waals surface area contributed by atoms with Gasteiger partial charge in [0, 0.05) is 13.1 Å². The first-order valence-corrected chi connectivity index (χ1v) is 12.2. The fourth-order valence-corrected chi connectivity index (χ4v) is 6.03. The Morgan fingerprint density at radius 2 is 1.77 bits per heavy atom. The molecule has 2 aromatic rings. The van der Waals surface area contributed by atoms with E-state index in [1.807, 2.05) is 24.3 Å². The largest absolute Gasteiger partial charge is 0.490 e. The van der Waals surface area contributed by atoms with E-state index in [0.717, 1.165) is 42.8 Å². The van der Waals surface area contributed by atoms with Gasteiger partial charge in [0.05, 0.1) is 27.3 Å². The van der Waals surface area contributed by atoms with Crippen molar-refractivity contribution in [3.05, 3.63) is 58.6 Å². The second-order valence-electron chi connectivity index (χ2n) is 8.28. The Morgan fingerprint density at radius 1 is 1.06 bits per heavy atom. The van der Waals surface area contributed by atoms with Crippen LogP contribution in [0.5, 0.6) is 5.75 Å². The molecule has 31 heavy (non-hydrogen) atoms. The predicted molar refractivity (Wildman–Crippen MR) is 112 cm³/mol. The maximum atomic E-state index is 13.0. The van der Waals surface area contributed by atoms with Crippen molar-refractivity contribution in [3.8, 4) is 5.75 Å². The van der Waals surface area contributed by atoms with Crippen molar-refractivity contribution in [3.63, 3.8) is 0 Å². The molecule has 0 N–H and O–H groups in total. The van der Waals surface area contributed by atoms with Gasteiger partial charge in [0.2, 0.25) is 0 Å². The van der Waals surface area contributed by atoms with Gasteiger partial charge in [-0.25, -0.2) is 8.42 Å². The molecule has 0 aromatic heterocycles. The lowest BCUT2D eigenvalue weighted by Crippen LogP contribution is -2.23. The topological polar surface area (TPSA) is 46.6 Å². The maximum absolute atomic E-state index is 13.0. The number of halogens is 4. The number of sulfone groups is 1. The van der Waals surface area contributed by atoms with E-state index in [0.29, 0.717) is 31.7 Å². The number of rotatable bonds is 7. The van der Waals surface area contributed by atoms with Crippen LogP contribution in [-0.2, 0) is 22.6 Å². The smallest absolute Gasteiger partial charge is 0.416 e. The Balaban J connectivity index is 1.37. The van der Waals surface area contributed by atoms with Crippen LogP contribution in [0.4, 0.5) is 13.2 Å². The van der Waals surface area contributed by atoms with Gasteiger partial charge in [-0.05, 0) is 67.6 Å². The molecule has 2 fully saturated rings. The maximum Gasteiger partial charge on any atom is 0.416 e. The Bertz CT molecular complexity index is 1040. The van der Waals surface area contributed by atoms with Gasteiger partial charge in [-0.3, -0.25) is 4.90 Å². The minimum absolute atomic E-state index is 0.159. The highest BCUT2D eigenvalue weighted by molar-refractivity contribution is 7.91. The predicted octanol–water partition coefficient (Wildman–Crippen LogP) is 5.20. The number of nitrogens with zero attached hydrogens (tertiary/aromatic N) is 1. The van der Waals surface area contributed by atoms with E-state index in [2.05, 4.69) is 4.90 Å². The molecule has 9 heteroatoms. The number of ether oxygens (including phenoxy) is 1. The van der Waals surface area contributed by atoms with Crippen molar-refractivity contribution >= 4 is 21.4 Å². The Hall–Kier alpha value is -1.77. The fraction of sp³-hybridized carbons (Fsp3) is 0.455. The molecule has 1 saturated heterocycles. The van der Waals surface area contributed by atoms with Crippen molar-refractivity contribution in [2.75, 3.05) is 18.8 Å². The zero-order chi connectivity index (χ0) is 22.2. The van der Waals surface area contributed by atoms with Gasteiger partial charge in [0.1, 0.15) is 5.75 Å². The SMILES string of the molecule is O=S(=O)(C[C@@H]1CCN(Cc2ccc(OC3CC3)cc2)C1)c1cc(C(F)(F)F)ccc1Cl. The quantitative estimate of drug-likeness (QED) is 0.555. The normalized spacial score (nSPS) is 20.2. The van der Waals surface area contributed by atoms with Crippen LogP contribution < -0.4 is 4.74 Å². The summed E-state index contributed by atoms with van der Waals surface area (Å²) in [7, 11) is -3.94. The Kier molecular flexibility index (Phi) is 6.25. The molecule has 0 bridgehead atoms. The van der Waals surface area contributed by atoms with Crippen LogP contribution in [0.1, 0.15) is 30.4 Å². The molecule has 1 atom stereocenters. The highest BCUT2D eigenvalue weighted by Crippen LogP contribution is 2.35. The molecular formula is C22H23ClF3NO3S. The summed E-state index contributed by atoms with van der Waals surface area (Å²) in [6.45, 7) is 1.98. The van der Waals surface area contributed by atoms with Gasteiger partial charge in [-0.1, -0.05) is 23.7 Å². The van der Waals surface area contributed by atoms with Gasteiger partial charge in [-0.15, -0.1) is 0 Å². The van der Waals surface area contributed by atoms with Crippen LogP contribution >= 0.6 is 11.6 Å². The molecule has 0 amide bonds. The third kappa shape index (κ3) is 5.73. The van der Waals surface area contributed by atoms with Crippen LogP contribution in [0.2, 0.25) is 5.02 Å². The number of benzene rings is 2.